The normalized spacial score (nSPS) is 15.3. The maximum absolute atomic E-state index is 13.1. The first kappa shape index (κ1) is 19.9. The van der Waals surface area contributed by atoms with Crippen LogP contribution in [0.4, 0.5) is 5.69 Å². The van der Waals surface area contributed by atoms with Gasteiger partial charge in [0.2, 0.25) is 0 Å². The summed E-state index contributed by atoms with van der Waals surface area (Å²) in [5.41, 5.74) is 3.02. The van der Waals surface area contributed by atoms with Crippen LogP contribution in [-0.4, -0.2) is 24.2 Å². The lowest BCUT2D eigenvalue weighted by molar-refractivity contribution is -0.113. The van der Waals surface area contributed by atoms with E-state index in [1.807, 2.05) is 56.3 Å². The molecule has 1 amide bonds. The van der Waals surface area contributed by atoms with Crippen molar-refractivity contribution in [3.8, 4) is 11.5 Å². The van der Waals surface area contributed by atoms with Crippen LogP contribution in [0.25, 0.3) is 6.08 Å². The average molecular weight is 397 g/mol. The number of para-hydroxylation sites is 2. The lowest BCUT2D eigenvalue weighted by atomic mass is 10.1. The highest BCUT2D eigenvalue weighted by molar-refractivity contribution is 7.80. The number of nitrogens with one attached hydrogen (secondary N) is 1. The van der Waals surface area contributed by atoms with Crippen molar-refractivity contribution in [3.63, 3.8) is 0 Å². The highest BCUT2D eigenvalue weighted by Crippen LogP contribution is 2.34. The molecular weight excluding hydrogens is 372 g/mol. The Balaban J connectivity index is 2.01. The molecule has 2 aromatic carbocycles. The highest BCUT2D eigenvalue weighted by atomic mass is 32.1. The molecule has 1 heterocycles. The largest absolute Gasteiger partial charge is 0.493 e. The fraction of sp³-hybridized carbons (Fsp3) is 0.273. The van der Waals surface area contributed by atoms with Gasteiger partial charge in [-0.2, -0.15) is 0 Å². The van der Waals surface area contributed by atoms with Gasteiger partial charge in [0.25, 0.3) is 5.91 Å². The summed E-state index contributed by atoms with van der Waals surface area (Å²) in [6, 6.07) is 13.4. The van der Waals surface area contributed by atoms with Crippen molar-refractivity contribution in [1.29, 1.82) is 0 Å². The van der Waals surface area contributed by atoms with Crippen molar-refractivity contribution in [2.45, 2.75) is 33.3 Å². The molecule has 0 saturated carbocycles. The molecule has 6 heteroatoms. The molecule has 0 aliphatic carbocycles. The summed E-state index contributed by atoms with van der Waals surface area (Å²) < 4.78 is 11.4. The summed E-state index contributed by atoms with van der Waals surface area (Å²) in [4.78, 5) is 14.7. The maximum Gasteiger partial charge on any atom is 0.281 e. The van der Waals surface area contributed by atoms with Crippen molar-refractivity contribution in [2.75, 3.05) is 12.0 Å². The molecule has 28 heavy (non-hydrogen) atoms. The van der Waals surface area contributed by atoms with Crippen molar-refractivity contribution in [2.24, 2.45) is 0 Å². The predicted molar refractivity (Wildman–Crippen MR) is 116 cm³/mol. The minimum absolute atomic E-state index is 0.0327. The van der Waals surface area contributed by atoms with Crippen molar-refractivity contribution >= 4 is 35.0 Å². The molecule has 1 aliphatic heterocycles. The molecule has 0 bridgehead atoms. The Labute approximate surface area is 170 Å². The Morgan fingerprint density at radius 3 is 2.61 bits per heavy atom. The first-order chi connectivity index (χ1) is 13.5. The number of anilines is 1. The number of ether oxygens (including phenoxy) is 2. The number of thiocarbonyl (C=S) groups is 1. The van der Waals surface area contributed by atoms with Crippen LogP contribution in [0.15, 0.2) is 48.2 Å². The second kappa shape index (κ2) is 8.44. The molecule has 1 saturated heterocycles. The lowest BCUT2D eigenvalue weighted by Crippen LogP contribution is -2.31. The number of methoxy groups -OCH3 is 1. The summed E-state index contributed by atoms with van der Waals surface area (Å²) in [7, 11) is 1.59. The van der Waals surface area contributed by atoms with E-state index in [0.717, 1.165) is 23.2 Å². The molecule has 5 nitrogen and oxygen atoms in total. The van der Waals surface area contributed by atoms with Gasteiger partial charge in [-0.25, -0.2) is 0 Å². The van der Waals surface area contributed by atoms with E-state index >= 15 is 0 Å². The van der Waals surface area contributed by atoms with E-state index in [1.165, 1.54) is 0 Å². The Morgan fingerprint density at radius 1 is 1.18 bits per heavy atom. The van der Waals surface area contributed by atoms with Gasteiger partial charge < -0.3 is 14.8 Å². The molecule has 0 unspecified atom stereocenters. The van der Waals surface area contributed by atoms with Gasteiger partial charge in [-0.1, -0.05) is 37.3 Å². The summed E-state index contributed by atoms with van der Waals surface area (Å²) in [5.74, 6) is 1.02. The number of hydrogen-bond donors (Lipinski definition) is 1. The third kappa shape index (κ3) is 3.87. The van der Waals surface area contributed by atoms with E-state index < -0.39 is 0 Å². The van der Waals surface area contributed by atoms with Gasteiger partial charge >= 0.3 is 0 Å². The molecule has 0 radical (unpaired) electrons. The van der Waals surface area contributed by atoms with Gasteiger partial charge in [-0.15, -0.1) is 0 Å². The van der Waals surface area contributed by atoms with Gasteiger partial charge in [0.1, 0.15) is 5.70 Å². The molecule has 1 N–H and O–H groups in total. The number of rotatable bonds is 6. The fourth-order valence-corrected chi connectivity index (χ4v) is 3.40. The third-order valence-corrected chi connectivity index (χ3v) is 4.66. The molecule has 1 fully saturated rings. The number of benzene rings is 2. The SMILES string of the molecule is CCc1ccccc1N1C(=O)/C(=C\c2cccc(OC)c2OC(C)C)NC1=S. The van der Waals surface area contributed by atoms with Gasteiger partial charge in [0.15, 0.2) is 16.6 Å². The number of nitrogens with zero attached hydrogens (tertiary/aromatic N) is 1. The molecule has 2 aromatic rings. The zero-order valence-electron chi connectivity index (χ0n) is 16.5. The highest BCUT2D eigenvalue weighted by Gasteiger charge is 2.33. The molecule has 146 valence electrons. The first-order valence-electron chi connectivity index (χ1n) is 9.25. The molecule has 3 rings (SSSR count). The zero-order chi connectivity index (χ0) is 20.3. The van der Waals surface area contributed by atoms with E-state index in [9.17, 15) is 4.79 Å². The van der Waals surface area contributed by atoms with E-state index in [1.54, 1.807) is 18.1 Å². The second-order valence-corrected chi connectivity index (χ2v) is 7.04. The minimum Gasteiger partial charge on any atom is -0.493 e. The Bertz CT molecular complexity index is 937. The van der Waals surface area contributed by atoms with E-state index in [4.69, 9.17) is 21.7 Å². The van der Waals surface area contributed by atoms with Crippen molar-refractivity contribution in [1.82, 2.24) is 5.32 Å². The van der Waals surface area contributed by atoms with Crippen LogP contribution in [0.2, 0.25) is 0 Å². The number of amides is 1. The predicted octanol–water partition coefficient (Wildman–Crippen LogP) is 4.31. The van der Waals surface area contributed by atoms with E-state index in [0.29, 0.717) is 22.3 Å². The summed E-state index contributed by atoms with van der Waals surface area (Å²) >= 11 is 5.45. The Kier molecular flexibility index (Phi) is 5.99. The monoisotopic (exact) mass is 396 g/mol. The molecule has 0 aromatic heterocycles. The van der Waals surface area contributed by atoms with Crippen LogP contribution < -0.4 is 19.7 Å². The number of carbonyl (C=O) groups excluding carboxylic acids is 1. The molecule has 0 spiro atoms. The topological polar surface area (TPSA) is 50.8 Å². The van der Waals surface area contributed by atoms with Gasteiger partial charge in [-0.05, 0) is 56.3 Å². The number of hydrogen-bond acceptors (Lipinski definition) is 4. The summed E-state index contributed by atoms with van der Waals surface area (Å²) in [6.45, 7) is 5.94. The smallest absolute Gasteiger partial charge is 0.281 e. The molecule has 1 aliphatic rings. The van der Waals surface area contributed by atoms with Crippen LogP contribution in [0.3, 0.4) is 0 Å². The van der Waals surface area contributed by atoms with Gasteiger partial charge in [0, 0.05) is 5.56 Å². The van der Waals surface area contributed by atoms with Gasteiger partial charge in [0.05, 0.1) is 18.9 Å². The van der Waals surface area contributed by atoms with Crippen LogP contribution in [-0.2, 0) is 11.2 Å². The number of aryl methyl sites for hydroxylation is 1. The summed E-state index contributed by atoms with van der Waals surface area (Å²) in [6.07, 6.45) is 2.53. The van der Waals surface area contributed by atoms with Crippen LogP contribution in [0.5, 0.6) is 11.5 Å². The number of carbonyl (C=O) groups is 1. The van der Waals surface area contributed by atoms with Crippen LogP contribution in [0, 0.1) is 0 Å². The average Bonchev–Trinajstić information content (AvgIpc) is 2.95. The second-order valence-electron chi connectivity index (χ2n) is 6.66. The zero-order valence-corrected chi connectivity index (χ0v) is 17.3. The Morgan fingerprint density at radius 2 is 1.93 bits per heavy atom. The van der Waals surface area contributed by atoms with E-state index in [-0.39, 0.29) is 12.0 Å². The van der Waals surface area contributed by atoms with E-state index in [2.05, 4.69) is 12.2 Å². The van der Waals surface area contributed by atoms with Crippen molar-refractivity contribution in [3.05, 3.63) is 59.3 Å². The van der Waals surface area contributed by atoms with Crippen LogP contribution >= 0.6 is 12.2 Å². The standard InChI is InChI=1S/C22H24N2O3S/c1-5-15-9-6-7-11-18(15)24-21(25)17(23-22(24)28)13-16-10-8-12-19(26-4)20(16)27-14(2)3/h6-14H,5H2,1-4H3,(H,23,28)/b17-13+. The molecular formula is C22H24N2O3S. The quantitative estimate of drug-likeness (QED) is 0.583. The first-order valence-corrected chi connectivity index (χ1v) is 9.65. The molecule has 0 atom stereocenters. The Hall–Kier alpha value is -2.86. The third-order valence-electron chi connectivity index (χ3n) is 4.37. The lowest BCUT2D eigenvalue weighted by Gasteiger charge is -2.17. The van der Waals surface area contributed by atoms with Crippen LogP contribution in [0.1, 0.15) is 31.9 Å². The fourth-order valence-electron chi connectivity index (χ4n) is 3.11. The van der Waals surface area contributed by atoms with Gasteiger partial charge in [-0.3, -0.25) is 9.69 Å². The minimum atomic E-state index is -0.191. The van der Waals surface area contributed by atoms with Crippen molar-refractivity contribution < 1.29 is 14.3 Å². The maximum atomic E-state index is 13.1. The summed E-state index contributed by atoms with van der Waals surface area (Å²) in [5, 5.41) is 3.41.